The zero-order valence-electron chi connectivity index (χ0n) is 14.5. The Kier molecular flexibility index (Phi) is 5.48. The van der Waals surface area contributed by atoms with Gasteiger partial charge in [-0.1, -0.05) is 11.2 Å². The molecule has 0 fully saturated rings. The molecule has 0 saturated heterocycles. The third-order valence-corrected chi connectivity index (χ3v) is 5.79. The molecule has 0 atom stereocenters. The highest BCUT2D eigenvalue weighted by Crippen LogP contribution is 2.33. The molecule has 0 aliphatic heterocycles. The van der Waals surface area contributed by atoms with E-state index in [4.69, 9.17) is 9.26 Å². The Bertz CT molecular complexity index is 928. The van der Waals surface area contributed by atoms with Crippen molar-refractivity contribution in [3.05, 3.63) is 39.4 Å². The molecule has 0 radical (unpaired) electrons. The van der Waals surface area contributed by atoms with Crippen LogP contribution in [0.25, 0.3) is 10.7 Å². The van der Waals surface area contributed by atoms with E-state index in [1.54, 1.807) is 0 Å². The van der Waals surface area contributed by atoms with Crippen LogP contribution in [0, 0.1) is 13.8 Å². The number of ether oxygens (including phenoxy) is 1. The van der Waals surface area contributed by atoms with Crippen molar-refractivity contribution in [3.8, 4) is 10.7 Å². The number of rotatable bonds is 6. The number of carbonyl (C=O) groups is 2. The van der Waals surface area contributed by atoms with Gasteiger partial charge in [-0.05, 0) is 30.9 Å². The van der Waals surface area contributed by atoms with Gasteiger partial charge in [-0.2, -0.15) is 4.98 Å². The summed E-state index contributed by atoms with van der Waals surface area (Å²) in [5, 5.41) is 9.14. The summed E-state index contributed by atoms with van der Waals surface area (Å²) in [6, 6.07) is 3.81. The predicted octanol–water partition coefficient (Wildman–Crippen LogP) is 3.83. The van der Waals surface area contributed by atoms with E-state index in [9.17, 15) is 9.59 Å². The summed E-state index contributed by atoms with van der Waals surface area (Å²) >= 11 is 2.87. The Morgan fingerprint density at radius 1 is 1.35 bits per heavy atom. The van der Waals surface area contributed by atoms with Crippen LogP contribution in [0.5, 0.6) is 0 Å². The number of thiophene rings is 2. The van der Waals surface area contributed by atoms with Gasteiger partial charge in [-0.3, -0.25) is 4.79 Å². The molecular formula is C17H17N3O4S2. The molecular weight excluding hydrogens is 374 g/mol. The minimum atomic E-state index is -0.459. The van der Waals surface area contributed by atoms with Crippen LogP contribution in [-0.4, -0.2) is 29.1 Å². The second-order valence-corrected chi connectivity index (χ2v) is 7.69. The molecule has 26 heavy (non-hydrogen) atoms. The summed E-state index contributed by atoms with van der Waals surface area (Å²) in [6.45, 7) is 3.73. The first-order valence-corrected chi connectivity index (χ1v) is 9.53. The molecule has 0 aliphatic rings. The molecule has 3 aromatic heterocycles. The topological polar surface area (TPSA) is 94.3 Å². The first-order valence-electron chi connectivity index (χ1n) is 7.84. The molecule has 0 aliphatic carbocycles. The molecule has 3 heterocycles. The van der Waals surface area contributed by atoms with Crippen LogP contribution in [0.1, 0.15) is 33.1 Å². The van der Waals surface area contributed by atoms with Crippen LogP contribution in [0.15, 0.2) is 22.0 Å². The highest BCUT2D eigenvalue weighted by atomic mass is 32.1. The molecule has 0 saturated carbocycles. The van der Waals surface area contributed by atoms with Crippen molar-refractivity contribution in [3.63, 3.8) is 0 Å². The first-order chi connectivity index (χ1) is 12.5. The zero-order chi connectivity index (χ0) is 18.7. The van der Waals surface area contributed by atoms with Crippen molar-refractivity contribution in [1.82, 2.24) is 10.1 Å². The fraction of sp³-hybridized carbons (Fsp3) is 0.294. The molecule has 136 valence electrons. The average Bonchev–Trinajstić information content (AvgIpc) is 3.34. The number of nitrogens with one attached hydrogen (secondary N) is 1. The Morgan fingerprint density at radius 3 is 2.85 bits per heavy atom. The highest BCUT2D eigenvalue weighted by Gasteiger charge is 2.21. The minimum Gasteiger partial charge on any atom is -0.465 e. The molecule has 0 aromatic carbocycles. The number of aromatic nitrogens is 2. The maximum absolute atomic E-state index is 12.3. The van der Waals surface area contributed by atoms with E-state index >= 15 is 0 Å². The summed E-state index contributed by atoms with van der Waals surface area (Å²) in [7, 11) is 1.32. The third-order valence-electron chi connectivity index (χ3n) is 3.80. The van der Waals surface area contributed by atoms with Gasteiger partial charge in [0.15, 0.2) is 0 Å². The van der Waals surface area contributed by atoms with E-state index < -0.39 is 5.97 Å². The Hall–Kier alpha value is -2.52. The molecule has 9 heteroatoms. The number of nitrogens with zero attached hydrogens (tertiary/aromatic N) is 2. The van der Waals surface area contributed by atoms with Gasteiger partial charge >= 0.3 is 5.97 Å². The SMILES string of the molecule is COC(=O)c1c(NC(=O)CCc2nc(-c3cccs3)no2)sc(C)c1C. The van der Waals surface area contributed by atoms with Crippen molar-refractivity contribution in [2.75, 3.05) is 12.4 Å². The van der Waals surface area contributed by atoms with Gasteiger partial charge in [0.1, 0.15) is 5.00 Å². The number of amides is 1. The van der Waals surface area contributed by atoms with E-state index in [0.29, 0.717) is 28.7 Å². The van der Waals surface area contributed by atoms with Crippen LogP contribution in [0.2, 0.25) is 0 Å². The van der Waals surface area contributed by atoms with Crippen LogP contribution in [-0.2, 0) is 16.0 Å². The number of hydrogen-bond donors (Lipinski definition) is 1. The first kappa shape index (κ1) is 18.3. The van der Waals surface area contributed by atoms with E-state index in [1.807, 2.05) is 31.4 Å². The summed E-state index contributed by atoms with van der Waals surface area (Å²) in [4.78, 5) is 30.4. The monoisotopic (exact) mass is 391 g/mol. The van der Waals surface area contributed by atoms with Gasteiger partial charge < -0.3 is 14.6 Å². The van der Waals surface area contributed by atoms with E-state index in [-0.39, 0.29) is 12.3 Å². The normalized spacial score (nSPS) is 10.7. The quantitative estimate of drug-likeness (QED) is 0.642. The van der Waals surface area contributed by atoms with E-state index in [1.165, 1.54) is 29.8 Å². The largest absolute Gasteiger partial charge is 0.465 e. The summed E-state index contributed by atoms with van der Waals surface area (Å²) in [5.74, 6) is 0.232. The molecule has 1 amide bonds. The predicted molar refractivity (Wildman–Crippen MR) is 99.7 cm³/mol. The second kappa shape index (κ2) is 7.79. The molecule has 0 bridgehead atoms. The van der Waals surface area contributed by atoms with Crippen molar-refractivity contribution >= 4 is 39.6 Å². The lowest BCUT2D eigenvalue weighted by Crippen LogP contribution is -2.14. The number of methoxy groups -OCH3 is 1. The van der Waals surface area contributed by atoms with Gasteiger partial charge in [-0.25, -0.2) is 4.79 Å². The number of aryl methyl sites for hydroxylation is 2. The Labute approximate surface area is 158 Å². The second-order valence-electron chi connectivity index (χ2n) is 5.52. The van der Waals surface area contributed by atoms with Gasteiger partial charge in [0.25, 0.3) is 0 Å². The fourth-order valence-electron chi connectivity index (χ4n) is 2.33. The van der Waals surface area contributed by atoms with Crippen LogP contribution in [0.4, 0.5) is 5.00 Å². The van der Waals surface area contributed by atoms with Crippen LogP contribution in [0.3, 0.4) is 0 Å². The Morgan fingerprint density at radius 2 is 2.15 bits per heavy atom. The zero-order valence-corrected chi connectivity index (χ0v) is 16.1. The van der Waals surface area contributed by atoms with Crippen LogP contribution < -0.4 is 5.32 Å². The lowest BCUT2D eigenvalue weighted by Gasteiger charge is -2.05. The molecule has 3 rings (SSSR count). The molecule has 0 spiro atoms. The van der Waals surface area contributed by atoms with Crippen molar-refractivity contribution in [1.29, 1.82) is 0 Å². The molecule has 1 N–H and O–H groups in total. The van der Waals surface area contributed by atoms with Crippen LogP contribution >= 0.6 is 22.7 Å². The Balaban J connectivity index is 1.63. The molecule has 7 nitrogen and oxygen atoms in total. The molecule has 0 unspecified atom stereocenters. The lowest BCUT2D eigenvalue weighted by molar-refractivity contribution is -0.116. The summed E-state index contributed by atoms with van der Waals surface area (Å²) < 4.78 is 9.99. The minimum absolute atomic E-state index is 0.169. The summed E-state index contributed by atoms with van der Waals surface area (Å²) in [5.41, 5.74) is 1.22. The maximum Gasteiger partial charge on any atom is 0.341 e. The highest BCUT2D eigenvalue weighted by molar-refractivity contribution is 7.16. The van der Waals surface area contributed by atoms with Gasteiger partial charge in [0.2, 0.25) is 17.6 Å². The average molecular weight is 391 g/mol. The summed E-state index contributed by atoms with van der Waals surface area (Å²) in [6.07, 6.45) is 0.490. The smallest absolute Gasteiger partial charge is 0.341 e. The number of esters is 1. The third kappa shape index (κ3) is 3.83. The standard InChI is InChI=1S/C17H17N3O4S2/c1-9-10(2)26-16(14(9)17(22)23-3)18-12(21)6-7-13-19-15(20-24-13)11-5-4-8-25-11/h4-5,8H,6-7H2,1-3H3,(H,18,21). The van der Waals surface area contributed by atoms with Crippen molar-refractivity contribution in [2.24, 2.45) is 0 Å². The number of hydrogen-bond acceptors (Lipinski definition) is 8. The van der Waals surface area contributed by atoms with Crippen molar-refractivity contribution < 1.29 is 18.8 Å². The lowest BCUT2D eigenvalue weighted by atomic mass is 10.1. The van der Waals surface area contributed by atoms with Gasteiger partial charge in [-0.15, -0.1) is 22.7 Å². The van der Waals surface area contributed by atoms with E-state index in [2.05, 4.69) is 15.5 Å². The maximum atomic E-state index is 12.3. The fourth-order valence-corrected chi connectivity index (χ4v) is 4.05. The van der Waals surface area contributed by atoms with Gasteiger partial charge in [0.05, 0.1) is 17.6 Å². The van der Waals surface area contributed by atoms with Gasteiger partial charge in [0, 0.05) is 17.7 Å². The number of carbonyl (C=O) groups excluding carboxylic acids is 2. The molecule has 3 aromatic rings. The van der Waals surface area contributed by atoms with E-state index in [0.717, 1.165) is 15.3 Å². The number of anilines is 1. The van der Waals surface area contributed by atoms with Crippen molar-refractivity contribution in [2.45, 2.75) is 26.7 Å².